The van der Waals surface area contributed by atoms with Gasteiger partial charge in [0.1, 0.15) is 5.60 Å². The van der Waals surface area contributed by atoms with Gasteiger partial charge in [0.05, 0.1) is 0 Å². The van der Waals surface area contributed by atoms with Crippen LogP contribution in [0.2, 0.25) is 0 Å². The van der Waals surface area contributed by atoms with Gasteiger partial charge in [0.15, 0.2) is 6.29 Å². The smallest absolute Gasteiger partial charge is 0.151 e. The van der Waals surface area contributed by atoms with Crippen LogP contribution in [0.3, 0.4) is 0 Å². The van der Waals surface area contributed by atoms with Crippen LogP contribution in [0.5, 0.6) is 0 Å². The number of rotatable bonds is 4. The van der Waals surface area contributed by atoms with Crippen molar-refractivity contribution in [2.24, 2.45) is 5.92 Å². The van der Waals surface area contributed by atoms with Gasteiger partial charge in [0, 0.05) is 7.11 Å². The first kappa shape index (κ1) is 8.72. The molecule has 1 atom stereocenters. The van der Waals surface area contributed by atoms with Gasteiger partial charge in [-0.1, -0.05) is 19.3 Å². The maximum absolute atomic E-state index is 10.6. The highest BCUT2D eigenvalue weighted by Crippen LogP contribution is 2.33. The third-order valence-corrected chi connectivity index (χ3v) is 2.63. The normalized spacial score (nSPS) is 23.8. The zero-order valence-electron chi connectivity index (χ0n) is 7.30. The highest BCUT2D eigenvalue weighted by molar-refractivity contribution is 5.61. The summed E-state index contributed by atoms with van der Waals surface area (Å²) >= 11 is 0. The van der Waals surface area contributed by atoms with Gasteiger partial charge >= 0.3 is 0 Å². The molecule has 0 aromatic carbocycles. The van der Waals surface area contributed by atoms with E-state index in [2.05, 4.69) is 0 Å². The summed E-state index contributed by atoms with van der Waals surface area (Å²) in [5, 5.41) is 0. The van der Waals surface area contributed by atoms with E-state index in [1.165, 1.54) is 19.3 Å². The summed E-state index contributed by atoms with van der Waals surface area (Å²) in [4.78, 5) is 10.6. The highest BCUT2D eigenvalue weighted by Gasteiger charge is 2.30. The number of ether oxygens (including phenoxy) is 1. The molecule has 1 saturated carbocycles. The van der Waals surface area contributed by atoms with E-state index in [-0.39, 0.29) is 0 Å². The molecule has 1 aliphatic carbocycles. The fourth-order valence-corrected chi connectivity index (χ4v) is 1.45. The van der Waals surface area contributed by atoms with E-state index in [0.717, 1.165) is 18.6 Å². The Morgan fingerprint density at radius 1 is 1.64 bits per heavy atom. The van der Waals surface area contributed by atoms with E-state index in [9.17, 15) is 4.79 Å². The van der Waals surface area contributed by atoms with Crippen LogP contribution < -0.4 is 0 Å². The molecule has 0 radical (unpaired) electrons. The number of hydrogen-bond donors (Lipinski definition) is 0. The molecule has 0 aromatic heterocycles. The zero-order chi connectivity index (χ0) is 8.32. The Kier molecular flexibility index (Phi) is 2.66. The van der Waals surface area contributed by atoms with Crippen molar-refractivity contribution in [2.75, 3.05) is 7.11 Å². The molecular weight excluding hydrogens is 140 g/mol. The summed E-state index contributed by atoms with van der Waals surface area (Å²) in [5.74, 6) is 0.727. The van der Waals surface area contributed by atoms with Crippen molar-refractivity contribution in [3.05, 3.63) is 0 Å². The van der Waals surface area contributed by atoms with Crippen molar-refractivity contribution in [3.63, 3.8) is 0 Å². The summed E-state index contributed by atoms with van der Waals surface area (Å²) in [6, 6.07) is 0. The van der Waals surface area contributed by atoms with Gasteiger partial charge in [-0.15, -0.1) is 0 Å². The molecule has 0 N–H and O–H groups in total. The van der Waals surface area contributed by atoms with Crippen molar-refractivity contribution in [1.82, 2.24) is 0 Å². The Hall–Kier alpha value is -0.370. The van der Waals surface area contributed by atoms with Crippen molar-refractivity contribution in [2.45, 2.75) is 38.2 Å². The molecule has 64 valence electrons. The second-order valence-corrected chi connectivity index (χ2v) is 3.64. The van der Waals surface area contributed by atoms with E-state index >= 15 is 0 Å². The topological polar surface area (TPSA) is 26.3 Å². The van der Waals surface area contributed by atoms with E-state index in [4.69, 9.17) is 4.74 Å². The average Bonchev–Trinajstić information content (AvgIpc) is 1.97. The highest BCUT2D eigenvalue weighted by atomic mass is 16.5. The number of carbonyl (C=O) groups is 1. The third kappa shape index (κ3) is 2.03. The molecule has 1 rings (SSSR count). The Morgan fingerprint density at radius 3 is 2.55 bits per heavy atom. The molecule has 2 nitrogen and oxygen atoms in total. The van der Waals surface area contributed by atoms with Gasteiger partial charge in [-0.05, 0) is 19.3 Å². The largest absolute Gasteiger partial charge is 0.371 e. The van der Waals surface area contributed by atoms with Gasteiger partial charge < -0.3 is 9.53 Å². The Morgan fingerprint density at radius 2 is 2.27 bits per heavy atom. The molecule has 0 spiro atoms. The summed E-state index contributed by atoms with van der Waals surface area (Å²) in [6.45, 7) is 1.86. The fraction of sp³-hybridized carbons (Fsp3) is 0.889. The van der Waals surface area contributed by atoms with Gasteiger partial charge in [0.2, 0.25) is 0 Å². The van der Waals surface area contributed by atoms with E-state index in [1.54, 1.807) is 7.11 Å². The minimum atomic E-state index is -0.523. The molecule has 11 heavy (non-hydrogen) atoms. The SMILES string of the molecule is COC(C)(C=O)CC1CCC1. The minimum Gasteiger partial charge on any atom is -0.371 e. The Balaban J connectivity index is 2.35. The maximum atomic E-state index is 10.6. The van der Waals surface area contributed by atoms with Crippen LogP contribution >= 0.6 is 0 Å². The van der Waals surface area contributed by atoms with Gasteiger partial charge in [0.25, 0.3) is 0 Å². The standard InChI is InChI=1S/C9H16O2/c1-9(7-10,11-2)6-8-4-3-5-8/h7-8H,3-6H2,1-2H3. The molecule has 0 bridgehead atoms. The van der Waals surface area contributed by atoms with Crippen molar-refractivity contribution < 1.29 is 9.53 Å². The molecule has 0 amide bonds. The quantitative estimate of drug-likeness (QED) is 0.580. The third-order valence-electron chi connectivity index (χ3n) is 2.63. The second kappa shape index (κ2) is 3.35. The molecule has 0 saturated heterocycles. The molecule has 2 heteroatoms. The first-order chi connectivity index (χ1) is 5.20. The molecule has 0 aliphatic heterocycles. The van der Waals surface area contributed by atoms with E-state index in [0.29, 0.717) is 0 Å². The van der Waals surface area contributed by atoms with Crippen LogP contribution in [0, 0.1) is 5.92 Å². The lowest BCUT2D eigenvalue weighted by Gasteiger charge is -2.32. The van der Waals surface area contributed by atoms with Crippen LogP contribution in [0.4, 0.5) is 0 Å². The minimum absolute atomic E-state index is 0.523. The lowest BCUT2D eigenvalue weighted by Crippen LogP contribution is -2.33. The van der Waals surface area contributed by atoms with Crippen LogP contribution in [0.25, 0.3) is 0 Å². The van der Waals surface area contributed by atoms with Gasteiger partial charge in [-0.2, -0.15) is 0 Å². The van der Waals surface area contributed by atoms with Gasteiger partial charge in [-0.3, -0.25) is 0 Å². The van der Waals surface area contributed by atoms with Crippen LogP contribution in [-0.2, 0) is 9.53 Å². The van der Waals surface area contributed by atoms with Crippen LogP contribution in [0.1, 0.15) is 32.6 Å². The van der Waals surface area contributed by atoms with Crippen LogP contribution in [-0.4, -0.2) is 19.0 Å². The van der Waals surface area contributed by atoms with E-state index in [1.807, 2.05) is 6.92 Å². The average molecular weight is 156 g/mol. The lowest BCUT2D eigenvalue weighted by atomic mass is 9.78. The first-order valence-electron chi connectivity index (χ1n) is 4.22. The lowest BCUT2D eigenvalue weighted by molar-refractivity contribution is -0.128. The number of hydrogen-bond acceptors (Lipinski definition) is 2. The van der Waals surface area contributed by atoms with Crippen molar-refractivity contribution >= 4 is 6.29 Å². The predicted molar refractivity (Wildman–Crippen MR) is 43.4 cm³/mol. The molecular formula is C9H16O2. The van der Waals surface area contributed by atoms with Crippen LogP contribution in [0.15, 0.2) is 0 Å². The van der Waals surface area contributed by atoms with Gasteiger partial charge in [-0.25, -0.2) is 0 Å². The second-order valence-electron chi connectivity index (χ2n) is 3.64. The summed E-state index contributed by atoms with van der Waals surface area (Å²) in [5.41, 5.74) is -0.523. The summed E-state index contributed by atoms with van der Waals surface area (Å²) < 4.78 is 5.13. The van der Waals surface area contributed by atoms with E-state index < -0.39 is 5.60 Å². The monoisotopic (exact) mass is 156 g/mol. The van der Waals surface area contributed by atoms with Crippen molar-refractivity contribution in [1.29, 1.82) is 0 Å². The summed E-state index contributed by atoms with van der Waals surface area (Å²) in [7, 11) is 1.60. The zero-order valence-corrected chi connectivity index (χ0v) is 7.30. The molecule has 0 aromatic rings. The number of aldehydes is 1. The summed E-state index contributed by atoms with van der Waals surface area (Å²) in [6.07, 6.45) is 5.68. The Labute approximate surface area is 67.9 Å². The molecule has 1 unspecified atom stereocenters. The molecule has 1 fully saturated rings. The fourth-order valence-electron chi connectivity index (χ4n) is 1.45. The van der Waals surface area contributed by atoms with Crippen molar-refractivity contribution in [3.8, 4) is 0 Å². The molecule has 1 aliphatic rings. The maximum Gasteiger partial charge on any atom is 0.151 e. The Bertz CT molecular complexity index is 140. The number of methoxy groups -OCH3 is 1. The number of carbonyl (C=O) groups excluding carboxylic acids is 1. The first-order valence-corrected chi connectivity index (χ1v) is 4.22. The predicted octanol–water partition coefficient (Wildman–Crippen LogP) is 1.78. The molecule has 0 heterocycles.